The molecule has 176 valence electrons. The first kappa shape index (κ1) is 24.9. The first-order valence-corrected chi connectivity index (χ1v) is 13.0. The lowest BCUT2D eigenvalue weighted by atomic mass is 9.83. The minimum absolute atomic E-state index is 0.0157. The van der Waals surface area contributed by atoms with E-state index in [2.05, 4.69) is 11.4 Å². The molecule has 2 aromatic rings. The van der Waals surface area contributed by atoms with E-state index in [-0.39, 0.29) is 23.1 Å². The molecule has 1 aliphatic carbocycles. The van der Waals surface area contributed by atoms with Crippen molar-refractivity contribution < 1.29 is 17.6 Å². The highest BCUT2D eigenvalue weighted by molar-refractivity contribution is 7.90. The topological polar surface area (TPSA) is 87.0 Å². The molecule has 0 spiro atoms. The predicted molar refractivity (Wildman–Crippen MR) is 127 cm³/mol. The van der Waals surface area contributed by atoms with E-state index in [1.807, 2.05) is 31.2 Å². The van der Waals surface area contributed by atoms with Crippen LogP contribution in [0.3, 0.4) is 0 Å². The molecule has 33 heavy (non-hydrogen) atoms. The van der Waals surface area contributed by atoms with Gasteiger partial charge in [-0.1, -0.05) is 43.3 Å². The van der Waals surface area contributed by atoms with Gasteiger partial charge in [-0.3, -0.25) is 4.79 Å². The summed E-state index contributed by atoms with van der Waals surface area (Å²) in [5.41, 5.74) is 0.627. The van der Waals surface area contributed by atoms with E-state index >= 15 is 0 Å². The highest BCUT2D eigenvalue weighted by Crippen LogP contribution is 2.37. The second-order valence-electron chi connectivity index (χ2n) is 9.86. The quantitative estimate of drug-likeness (QED) is 0.547. The Bertz CT molecular complexity index is 1140. The van der Waals surface area contributed by atoms with Crippen LogP contribution in [0.1, 0.15) is 57.9 Å². The number of hydrogen-bond donors (Lipinski definition) is 1. The van der Waals surface area contributed by atoms with Crippen LogP contribution < -0.4 is 5.32 Å². The van der Waals surface area contributed by atoms with Crippen molar-refractivity contribution >= 4 is 15.7 Å². The van der Waals surface area contributed by atoms with Crippen molar-refractivity contribution in [3.8, 4) is 17.2 Å². The molecular weight excluding hydrogens is 439 g/mol. The zero-order chi connectivity index (χ0) is 24.4. The van der Waals surface area contributed by atoms with E-state index in [0.717, 1.165) is 16.7 Å². The van der Waals surface area contributed by atoms with E-state index in [1.165, 1.54) is 20.1 Å². The summed E-state index contributed by atoms with van der Waals surface area (Å²) in [6, 6.07) is 16.8. The molecule has 1 aliphatic rings. The molecule has 5 nitrogen and oxygen atoms in total. The number of alkyl halides is 1. The van der Waals surface area contributed by atoms with Gasteiger partial charge in [-0.2, -0.15) is 5.26 Å². The number of benzene rings is 2. The zero-order valence-electron chi connectivity index (χ0n) is 19.6. The van der Waals surface area contributed by atoms with Crippen molar-refractivity contribution in [2.75, 3.05) is 6.26 Å². The van der Waals surface area contributed by atoms with Crippen LogP contribution in [0.15, 0.2) is 53.4 Å². The molecule has 3 rings (SSSR count). The number of nitriles is 1. The Morgan fingerprint density at radius 1 is 1.12 bits per heavy atom. The Hall–Kier alpha value is -2.72. The monoisotopic (exact) mass is 470 g/mol. The van der Waals surface area contributed by atoms with Gasteiger partial charge in [0.1, 0.15) is 11.2 Å². The van der Waals surface area contributed by atoms with Crippen LogP contribution in [0.2, 0.25) is 0 Å². The number of rotatable bonds is 9. The lowest BCUT2D eigenvalue weighted by molar-refractivity contribution is -0.127. The molecule has 1 amide bonds. The molecule has 1 N–H and O–H groups in total. The number of nitrogens with zero attached hydrogens (tertiary/aromatic N) is 1. The van der Waals surface area contributed by atoms with Crippen LogP contribution in [0.25, 0.3) is 11.1 Å². The summed E-state index contributed by atoms with van der Waals surface area (Å²) in [5, 5.41) is 12.1. The van der Waals surface area contributed by atoms with Gasteiger partial charge in [-0.15, -0.1) is 0 Å². The molecule has 0 heterocycles. The highest BCUT2D eigenvalue weighted by atomic mass is 32.2. The van der Waals surface area contributed by atoms with E-state index in [4.69, 9.17) is 0 Å². The molecular formula is C26H31FN2O3S. The molecule has 0 aliphatic heterocycles. The maximum Gasteiger partial charge on any atom is 0.224 e. The van der Waals surface area contributed by atoms with Crippen molar-refractivity contribution in [1.29, 1.82) is 5.26 Å². The van der Waals surface area contributed by atoms with Crippen molar-refractivity contribution in [1.82, 2.24) is 5.32 Å². The van der Waals surface area contributed by atoms with Gasteiger partial charge < -0.3 is 5.32 Å². The first-order valence-electron chi connectivity index (χ1n) is 11.1. The fraction of sp³-hybridized carbons (Fsp3) is 0.462. The summed E-state index contributed by atoms with van der Waals surface area (Å²) in [5.74, 6) is -0.773. The second kappa shape index (κ2) is 9.26. The van der Waals surface area contributed by atoms with Gasteiger partial charge in [-0.25, -0.2) is 12.8 Å². The predicted octanol–water partition coefficient (Wildman–Crippen LogP) is 5.18. The fourth-order valence-corrected chi connectivity index (χ4v) is 4.69. The third-order valence-electron chi connectivity index (χ3n) is 6.16. The van der Waals surface area contributed by atoms with Crippen LogP contribution in [-0.2, 0) is 14.6 Å². The minimum Gasteiger partial charge on any atom is -0.338 e. The third kappa shape index (κ3) is 6.64. The third-order valence-corrected chi connectivity index (χ3v) is 7.29. The Labute approximate surface area is 195 Å². The number of nitrogens with one attached hydrogen (secondary N) is 1. The molecule has 1 saturated carbocycles. The number of carbonyl (C=O) groups is 1. The molecule has 1 fully saturated rings. The van der Waals surface area contributed by atoms with Crippen molar-refractivity contribution in [2.24, 2.45) is 5.92 Å². The average Bonchev–Trinajstić information content (AvgIpc) is 3.51. The van der Waals surface area contributed by atoms with Crippen molar-refractivity contribution in [3.63, 3.8) is 0 Å². The van der Waals surface area contributed by atoms with Crippen LogP contribution in [0.5, 0.6) is 0 Å². The summed E-state index contributed by atoms with van der Waals surface area (Å²) in [4.78, 5) is 13.1. The van der Waals surface area contributed by atoms with Crippen LogP contribution in [0.4, 0.5) is 4.39 Å². The number of carbonyl (C=O) groups excluding carboxylic acids is 1. The van der Waals surface area contributed by atoms with Gasteiger partial charge in [0.15, 0.2) is 9.84 Å². The Balaban J connectivity index is 1.72. The number of hydrogen-bond acceptors (Lipinski definition) is 4. The van der Waals surface area contributed by atoms with Gasteiger partial charge in [0.2, 0.25) is 5.91 Å². The first-order chi connectivity index (χ1) is 15.3. The van der Waals surface area contributed by atoms with E-state index in [1.54, 1.807) is 24.3 Å². The Morgan fingerprint density at radius 3 is 2.06 bits per heavy atom. The van der Waals surface area contributed by atoms with Gasteiger partial charge >= 0.3 is 0 Å². The number of sulfone groups is 1. The molecule has 0 radical (unpaired) electrons. The van der Waals surface area contributed by atoms with Crippen LogP contribution in [0, 0.1) is 17.2 Å². The molecule has 7 heteroatoms. The van der Waals surface area contributed by atoms with E-state index < -0.39 is 27.0 Å². The Morgan fingerprint density at radius 2 is 1.64 bits per heavy atom. The van der Waals surface area contributed by atoms with Gasteiger partial charge in [-0.05, 0) is 74.3 Å². The molecule has 2 atom stereocenters. The summed E-state index contributed by atoms with van der Waals surface area (Å²) in [6.45, 7) is 4.95. The van der Waals surface area contributed by atoms with Gasteiger partial charge in [0.25, 0.3) is 0 Å². The lowest BCUT2D eigenvalue weighted by Gasteiger charge is -2.26. The molecule has 0 aromatic heterocycles. The van der Waals surface area contributed by atoms with E-state index in [0.29, 0.717) is 19.3 Å². The largest absolute Gasteiger partial charge is 0.338 e. The molecule has 0 saturated heterocycles. The minimum atomic E-state index is -3.24. The van der Waals surface area contributed by atoms with Crippen LogP contribution >= 0.6 is 0 Å². The second-order valence-corrected chi connectivity index (χ2v) is 11.9. The van der Waals surface area contributed by atoms with Crippen molar-refractivity contribution in [2.45, 2.75) is 68.5 Å². The molecule has 2 unspecified atom stereocenters. The highest BCUT2D eigenvalue weighted by Gasteiger charge is 2.46. The zero-order valence-corrected chi connectivity index (χ0v) is 20.4. The SMILES string of the molecule is CC(CC(CC(C)(C)F)C(=O)NC1(C#N)CC1)c1ccc(-c2ccc(S(C)(=O)=O)cc2)cc1. The normalized spacial score (nSPS) is 17.0. The van der Waals surface area contributed by atoms with Crippen LogP contribution in [-0.4, -0.2) is 31.8 Å². The molecule has 2 aromatic carbocycles. The smallest absolute Gasteiger partial charge is 0.224 e. The number of amides is 1. The summed E-state index contributed by atoms with van der Waals surface area (Å²) in [6.07, 6.45) is 3.03. The number of halogens is 1. The average molecular weight is 471 g/mol. The fourth-order valence-electron chi connectivity index (χ4n) is 4.06. The summed E-state index contributed by atoms with van der Waals surface area (Å²) < 4.78 is 37.7. The maximum absolute atomic E-state index is 14.4. The molecule has 0 bridgehead atoms. The lowest BCUT2D eigenvalue weighted by Crippen LogP contribution is -2.41. The van der Waals surface area contributed by atoms with E-state index in [9.17, 15) is 22.9 Å². The van der Waals surface area contributed by atoms with Gasteiger partial charge in [0, 0.05) is 12.2 Å². The summed E-state index contributed by atoms with van der Waals surface area (Å²) in [7, 11) is -3.24. The maximum atomic E-state index is 14.4. The summed E-state index contributed by atoms with van der Waals surface area (Å²) >= 11 is 0. The van der Waals surface area contributed by atoms with Gasteiger partial charge in [0.05, 0.1) is 11.0 Å². The Kier molecular flexibility index (Phi) is 6.99. The van der Waals surface area contributed by atoms with Crippen molar-refractivity contribution in [3.05, 3.63) is 54.1 Å². The standard InChI is InChI=1S/C26H31FN2O3S/c1-18(15-22(16-25(2,3)27)24(30)29-26(17-28)13-14-26)19-5-7-20(8-6-19)21-9-11-23(12-10-21)33(4,31)32/h5-12,18,22H,13-16H2,1-4H3,(H,29,30).